The molecule has 0 bridgehead atoms. The minimum absolute atomic E-state index is 0.0342. The Labute approximate surface area is 235 Å². The Kier molecular flexibility index (Phi) is 10.4. The highest BCUT2D eigenvalue weighted by Gasteiger charge is 2.33. The number of carbonyl (C=O) groups is 2. The number of benzene rings is 3. The van der Waals surface area contributed by atoms with Crippen LogP contribution in [0, 0.1) is 6.92 Å². The van der Waals surface area contributed by atoms with Gasteiger partial charge in [-0.2, -0.15) is 0 Å². The zero-order chi connectivity index (χ0) is 28.6. The second-order valence-electron chi connectivity index (χ2n) is 8.95. The standard InChI is InChI=1S/C29H34ClN3O5S/c1-5-31-29(35)22(4)32(19-23-11-9-10-21(3)18-23)28(34)20-33(26-12-7-8-13-27(26)38-6-2)39(36,37)25-16-14-24(30)15-17-25/h7-18,22H,5-6,19-20H2,1-4H3,(H,31,35). The van der Waals surface area contributed by atoms with Crippen molar-refractivity contribution in [3.63, 3.8) is 0 Å². The minimum atomic E-state index is -4.23. The van der Waals surface area contributed by atoms with Crippen molar-refractivity contribution >= 4 is 39.1 Å². The molecule has 0 radical (unpaired) electrons. The number of sulfonamides is 1. The molecule has 39 heavy (non-hydrogen) atoms. The van der Waals surface area contributed by atoms with Crippen LogP contribution in [0.3, 0.4) is 0 Å². The van der Waals surface area contributed by atoms with E-state index in [-0.39, 0.29) is 23.0 Å². The first kappa shape index (κ1) is 30.0. The Bertz CT molecular complexity index is 1400. The third-order valence-electron chi connectivity index (χ3n) is 6.07. The summed E-state index contributed by atoms with van der Waals surface area (Å²) in [5, 5.41) is 3.13. The number of halogens is 1. The van der Waals surface area contributed by atoms with Crippen molar-refractivity contribution in [1.82, 2.24) is 10.2 Å². The van der Waals surface area contributed by atoms with Crippen LogP contribution in [0.5, 0.6) is 5.75 Å². The number of ether oxygens (including phenoxy) is 1. The molecule has 1 N–H and O–H groups in total. The molecule has 0 saturated heterocycles. The Balaban J connectivity index is 2.08. The van der Waals surface area contributed by atoms with Crippen LogP contribution in [0.4, 0.5) is 5.69 Å². The summed E-state index contributed by atoms with van der Waals surface area (Å²) in [4.78, 5) is 28.1. The van der Waals surface area contributed by atoms with Gasteiger partial charge in [-0.25, -0.2) is 8.42 Å². The first-order valence-corrected chi connectivity index (χ1v) is 14.5. The van der Waals surface area contributed by atoms with E-state index in [9.17, 15) is 18.0 Å². The van der Waals surface area contributed by atoms with E-state index in [4.69, 9.17) is 16.3 Å². The van der Waals surface area contributed by atoms with Crippen LogP contribution in [0.2, 0.25) is 5.02 Å². The number of nitrogens with one attached hydrogen (secondary N) is 1. The molecule has 3 aromatic carbocycles. The third-order valence-corrected chi connectivity index (χ3v) is 8.09. The molecular formula is C29H34ClN3O5S. The lowest BCUT2D eigenvalue weighted by Gasteiger charge is -2.32. The maximum Gasteiger partial charge on any atom is 0.264 e. The van der Waals surface area contributed by atoms with Gasteiger partial charge in [0.05, 0.1) is 17.2 Å². The van der Waals surface area contributed by atoms with E-state index in [0.717, 1.165) is 15.4 Å². The molecule has 8 nitrogen and oxygen atoms in total. The van der Waals surface area contributed by atoms with Crippen molar-refractivity contribution in [2.75, 3.05) is 24.0 Å². The highest BCUT2D eigenvalue weighted by Crippen LogP contribution is 2.33. The fraction of sp³-hybridized carbons (Fsp3) is 0.310. The second kappa shape index (κ2) is 13.5. The predicted octanol–water partition coefficient (Wildman–Crippen LogP) is 4.80. The van der Waals surface area contributed by atoms with E-state index < -0.39 is 28.5 Å². The molecule has 10 heteroatoms. The molecule has 0 aromatic heterocycles. The first-order valence-electron chi connectivity index (χ1n) is 12.7. The number of nitrogens with zero attached hydrogens (tertiary/aromatic N) is 2. The van der Waals surface area contributed by atoms with Crippen molar-refractivity contribution in [1.29, 1.82) is 0 Å². The fourth-order valence-electron chi connectivity index (χ4n) is 4.10. The molecule has 3 aromatic rings. The summed E-state index contributed by atoms with van der Waals surface area (Å²) in [7, 11) is -4.23. The lowest BCUT2D eigenvalue weighted by atomic mass is 10.1. The van der Waals surface area contributed by atoms with E-state index in [1.54, 1.807) is 45.0 Å². The van der Waals surface area contributed by atoms with E-state index in [0.29, 0.717) is 23.9 Å². The summed E-state index contributed by atoms with van der Waals surface area (Å²) in [6, 6.07) is 19.1. The second-order valence-corrected chi connectivity index (χ2v) is 11.2. The van der Waals surface area contributed by atoms with Crippen LogP contribution < -0.4 is 14.4 Å². The molecule has 0 aliphatic heterocycles. The van der Waals surface area contributed by atoms with Crippen molar-refractivity contribution in [3.05, 3.63) is 88.9 Å². The molecule has 3 rings (SSSR count). The number of para-hydroxylation sites is 2. The largest absolute Gasteiger partial charge is 0.492 e. The Morgan fingerprint density at radius 3 is 2.33 bits per heavy atom. The zero-order valence-electron chi connectivity index (χ0n) is 22.6. The monoisotopic (exact) mass is 571 g/mol. The number of hydrogen-bond acceptors (Lipinski definition) is 5. The van der Waals surface area contributed by atoms with E-state index in [2.05, 4.69) is 5.32 Å². The van der Waals surface area contributed by atoms with Gasteiger partial charge in [-0.1, -0.05) is 53.6 Å². The molecule has 2 amide bonds. The first-order chi connectivity index (χ1) is 18.6. The van der Waals surface area contributed by atoms with Crippen LogP contribution in [0.1, 0.15) is 31.9 Å². The maximum absolute atomic E-state index is 13.9. The van der Waals surface area contributed by atoms with Gasteiger partial charge in [0.2, 0.25) is 11.8 Å². The van der Waals surface area contributed by atoms with Gasteiger partial charge in [0.15, 0.2) is 0 Å². The van der Waals surface area contributed by atoms with Crippen LogP contribution in [-0.4, -0.2) is 50.9 Å². The molecule has 1 atom stereocenters. The summed E-state index contributed by atoms with van der Waals surface area (Å²) >= 11 is 6.00. The number of anilines is 1. The van der Waals surface area contributed by atoms with Gasteiger partial charge < -0.3 is 15.0 Å². The summed E-state index contributed by atoms with van der Waals surface area (Å²) in [6.07, 6.45) is 0. The van der Waals surface area contributed by atoms with Gasteiger partial charge in [0, 0.05) is 18.1 Å². The summed E-state index contributed by atoms with van der Waals surface area (Å²) in [5.74, 6) is -0.563. The van der Waals surface area contributed by atoms with Crippen LogP contribution in [0.15, 0.2) is 77.7 Å². The van der Waals surface area contributed by atoms with Crippen LogP contribution >= 0.6 is 11.6 Å². The number of amides is 2. The highest BCUT2D eigenvalue weighted by atomic mass is 35.5. The quantitative estimate of drug-likeness (QED) is 0.337. The molecule has 0 aliphatic rings. The molecule has 0 spiro atoms. The Morgan fingerprint density at radius 1 is 1.00 bits per heavy atom. The average Bonchev–Trinajstić information content (AvgIpc) is 2.91. The van der Waals surface area contributed by atoms with Gasteiger partial charge in [0.1, 0.15) is 18.3 Å². The van der Waals surface area contributed by atoms with E-state index >= 15 is 0 Å². The van der Waals surface area contributed by atoms with E-state index in [1.807, 2.05) is 31.2 Å². The molecule has 208 valence electrons. The van der Waals surface area contributed by atoms with Crippen molar-refractivity contribution in [2.45, 2.75) is 45.2 Å². The zero-order valence-corrected chi connectivity index (χ0v) is 24.1. The lowest BCUT2D eigenvalue weighted by Crippen LogP contribution is -2.51. The predicted molar refractivity (Wildman–Crippen MR) is 153 cm³/mol. The fourth-order valence-corrected chi connectivity index (χ4v) is 5.65. The molecule has 0 aliphatic carbocycles. The molecule has 0 saturated carbocycles. The van der Waals surface area contributed by atoms with Gasteiger partial charge in [-0.05, 0) is 69.7 Å². The maximum atomic E-state index is 13.9. The minimum Gasteiger partial charge on any atom is -0.492 e. The molecule has 0 heterocycles. The number of carbonyl (C=O) groups excluding carboxylic acids is 2. The number of likely N-dealkylation sites (N-methyl/N-ethyl adjacent to an activating group) is 1. The molecular weight excluding hydrogens is 538 g/mol. The van der Waals surface area contributed by atoms with Crippen LogP contribution in [-0.2, 0) is 26.2 Å². The summed E-state index contributed by atoms with van der Waals surface area (Å²) in [5.41, 5.74) is 2.04. The summed E-state index contributed by atoms with van der Waals surface area (Å²) in [6.45, 7) is 7.42. The number of aryl methyl sites for hydroxylation is 1. The third kappa shape index (κ3) is 7.52. The van der Waals surface area contributed by atoms with Crippen LogP contribution in [0.25, 0.3) is 0 Å². The Hall–Kier alpha value is -3.56. The van der Waals surface area contributed by atoms with Gasteiger partial charge in [-0.3, -0.25) is 13.9 Å². The molecule has 1 unspecified atom stereocenters. The normalized spacial score (nSPS) is 11.9. The number of rotatable bonds is 12. The van der Waals surface area contributed by atoms with Crippen molar-refractivity contribution < 1.29 is 22.7 Å². The van der Waals surface area contributed by atoms with Crippen molar-refractivity contribution in [3.8, 4) is 5.75 Å². The number of hydrogen-bond donors (Lipinski definition) is 1. The van der Waals surface area contributed by atoms with Crippen molar-refractivity contribution in [2.24, 2.45) is 0 Å². The van der Waals surface area contributed by atoms with Gasteiger partial charge in [0.25, 0.3) is 10.0 Å². The van der Waals surface area contributed by atoms with Gasteiger partial charge in [-0.15, -0.1) is 0 Å². The molecule has 0 fully saturated rings. The SMILES string of the molecule is CCNC(=O)C(C)N(Cc1cccc(C)c1)C(=O)CN(c1ccccc1OCC)S(=O)(=O)c1ccc(Cl)cc1. The summed E-state index contributed by atoms with van der Waals surface area (Å²) < 4.78 is 34.6. The smallest absolute Gasteiger partial charge is 0.264 e. The average molecular weight is 572 g/mol. The van der Waals surface area contributed by atoms with Gasteiger partial charge >= 0.3 is 0 Å². The van der Waals surface area contributed by atoms with E-state index in [1.165, 1.54) is 29.2 Å². The topological polar surface area (TPSA) is 96.0 Å². The Morgan fingerprint density at radius 2 is 1.69 bits per heavy atom. The lowest BCUT2D eigenvalue weighted by molar-refractivity contribution is -0.139. The highest BCUT2D eigenvalue weighted by molar-refractivity contribution is 7.92.